The summed E-state index contributed by atoms with van der Waals surface area (Å²) in [4.78, 5) is 0. The molecular weight excluding hydrogens is 220 g/mol. The Morgan fingerprint density at radius 3 is 2.31 bits per heavy atom. The van der Waals surface area contributed by atoms with Crippen molar-refractivity contribution >= 4 is 0 Å². The summed E-state index contributed by atoms with van der Waals surface area (Å²) in [7, 11) is 0. The minimum atomic E-state index is -1.41. The number of hydrogen-bond donors (Lipinski definition) is 5. The monoisotopic (exact) mass is 238 g/mol. The van der Waals surface area contributed by atoms with Crippen molar-refractivity contribution in [2.24, 2.45) is 0 Å². The highest BCUT2D eigenvalue weighted by Crippen LogP contribution is 2.22. The predicted molar refractivity (Wildman–Crippen MR) is 51.4 cm³/mol. The van der Waals surface area contributed by atoms with E-state index in [0.717, 1.165) is 0 Å². The second kappa shape index (κ2) is 6.45. The molecule has 0 bridgehead atoms. The Morgan fingerprint density at radius 1 is 1.06 bits per heavy atom. The van der Waals surface area contributed by atoms with Gasteiger partial charge in [0.1, 0.15) is 24.4 Å². The van der Waals surface area contributed by atoms with E-state index >= 15 is 0 Å². The lowest BCUT2D eigenvalue weighted by Gasteiger charge is -2.39. The first kappa shape index (κ1) is 13.8. The summed E-state index contributed by atoms with van der Waals surface area (Å²) < 4.78 is 9.95. The smallest absolute Gasteiger partial charge is 0.184 e. The van der Waals surface area contributed by atoms with Gasteiger partial charge in [0, 0.05) is 13.2 Å². The molecule has 0 aliphatic carbocycles. The van der Waals surface area contributed by atoms with Gasteiger partial charge in [-0.05, 0) is 6.42 Å². The molecule has 0 aromatic heterocycles. The third kappa shape index (κ3) is 3.11. The highest BCUT2D eigenvalue weighted by Gasteiger charge is 2.44. The lowest BCUT2D eigenvalue weighted by Crippen LogP contribution is -2.59. The van der Waals surface area contributed by atoms with E-state index < -0.39 is 37.3 Å². The number of aliphatic hydroxyl groups is 5. The molecule has 5 atom stereocenters. The van der Waals surface area contributed by atoms with Crippen LogP contribution in [-0.2, 0) is 9.47 Å². The average Bonchev–Trinajstić information content (AvgIpc) is 2.28. The minimum Gasteiger partial charge on any atom is -0.396 e. The summed E-state index contributed by atoms with van der Waals surface area (Å²) in [5.74, 6) is 0. The lowest BCUT2D eigenvalue weighted by atomic mass is 9.99. The van der Waals surface area contributed by atoms with Gasteiger partial charge in [-0.3, -0.25) is 0 Å². The highest BCUT2D eigenvalue weighted by molar-refractivity contribution is 4.89. The fourth-order valence-electron chi connectivity index (χ4n) is 1.54. The molecule has 0 aromatic rings. The molecule has 0 aromatic carbocycles. The van der Waals surface area contributed by atoms with Crippen molar-refractivity contribution in [3.8, 4) is 0 Å². The predicted octanol–water partition coefficient (Wildman–Crippen LogP) is -2.81. The quantitative estimate of drug-likeness (QED) is 0.328. The number of aliphatic hydroxyl groups excluding tert-OH is 5. The van der Waals surface area contributed by atoms with Crippen molar-refractivity contribution < 1.29 is 35.0 Å². The molecule has 1 aliphatic heterocycles. The van der Waals surface area contributed by atoms with Gasteiger partial charge in [0.2, 0.25) is 0 Å². The van der Waals surface area contributed by atoms with E-state index in [-0.39, 0.29) is 13.2 Å². The Kier molecular flexibility index (Phi) is 5.56. The number of ether oxygens (including phenoxy) is 2. The zero-order valence-electron chi connectivity index (χ0n) is 8.77. The van der Waals surface area contributed by atoms with Gasteiger partial charge < -0.3 is 35.0 Å². The van der Waals surface area contributed by atoms with Gasteiger partial charge in [0.25, 0.3) is 0 Å². The van der Waals surface area contributed by atoms with Crippen LogP contribution >= 0.6 is 0 Å². The average molecular weight is 238 g/mol. The van der Waals surface area contributed by atoms with Gasteiger partial charge in [0.15, 0.2) is 6.29 Å². The molecule has 0 amide bonds. The van der Waals surface area contributed by atoms with Crippen molar-refractivity contribution in [1.82, 2.24) is 0 Å². The lowest BCUT2D eigenvalue weighted by molar-refractivity contribution is -0.296. The van der Waals surface area contributed by atoms with Crippen LogP contribution in [0.15, 0.2) is 0 Å². The summed E-state index contributed by atoms with van der Waals surface area (Å²) in [6.45, 7) is -0.435. The summed E-state index contributed by atoms with van der Waals surface area (Å²) in [6.07, 6.45) is -5.80. The molecule has 96 valence electrons. The molecule has 1 saturated heterocycles. The van der Waals surface area contributed by atoms with Crippen LogP contribution in [0.1, 0.15) is 6.42 Å². The van der Waals surface area contributed by atoms with Crippen LogP contribution in [0.2, 0.25) is 0 Å². The Bertz CT molecular complexity index is 200. The normalized spacial score (nSPS) is 39.9. The molecule has 0 saturated carbocycles. The van der Waals surface area contributed by atoms with Crippen molar-refractivity contribution in [3.63, 3.8) is 0 Å². The van der Waals surface area contributed by atoms with Gasteiger partial charge in [-0.25, -0.2) is 0 Å². The molecule has 1 rings (SSSR count). The fraction of sp³-hybridized carbons (Fsp3) is 1.00. The summed E-state index contributed by atoms with van der Waals surface area (Å²) in [5, 5.41) is 46.0. The van der Waals surface area contributed by atoms with Crippen LogP contribution in [0, 0.1) is 0 Å². The molecule has 7 heteroatoms. The largest absolute Gasteiger partial charge is 0.396 e. The first-order valence-electron chi connectivity index (χ1n) is 5.14. The van der Waals surface area contributed by atoms with Gasteiger partial charge in [0.05, 0.1) is 6.61 Å². The van der Waals surface area contributed by atoms with E-state index in [9.17, 15) is 15.3 Å². The Hall–Kier alpha value is -0.280. The summed E-state index contributed by atoms with van der Waals surface area (Å²) in [5.41, 5.74) is 0. The fourth-order valence-corrected chi connectivity index (χ4v) is 1.54. The first-order chi connectivity index (χ1) is 7.61. The highest BCUT2D eigenvalue weighted by atomic mass is 16.7. The van der Waals surface area contributed by atoms with Crippen LogP contribution in [-0.4, -0.2) is 76.1 Å². The first-order valence-corrected chi connectivity index (χ1v) is 5.14. The third-order valence-corrected chi connectivity index (χ3v) is 2.46. The summed E-state index contributed by atoms with van der Waals surface area (Å²) >= 11 is 0. The molecule has 0 unspecified atom stereocenters. The SMILES string of the molecule is OCCCO[C@@H]1[C@@H](O)[C@H](O)[C@@H](CO)O[C@@H]1O. The molecule has 7 nitrogen and oxygen atoms in total. The standard InChI is InChI=1S/C9H18O7/c10-2-1-3-15-8-7(13)6(12)5(4-11)16-9(8)14/h5-14H,1-4H2/t5-,6-,7+,8-,9+/m1/s1. The van der Waals surface area contributed by atoms with Crippen molar-refractivity contribution in [2.75, 3.05) is 19.8 Å². The van der Waals surface area contributed by atoms with E-state index in [2.05, 4.69) is 0 Å². The maximum absolute atomic E-state index is 9.62. The van der Waals surface area contributed by atoms with E-state index in [0.29, 0.717) is 6.42 Å². The van der Waals surface area contributed by atoms with Crippen molar-refractivity contribution in [2.45, 2.75) is 37.1 Å². The Labute approximate surface area is 92.9 Å². The van der Waals surface area contributed by atoms with E-state index in [1.54, 1.807) is 0 Å². The zero-order chi connectivity index (χ0) is 12.1. The summed E-state index contributed by atoms with van der Waals surface area (Å²) in [6, 6.07) is 0. The maximum atomic E-state index is 9.62. The van der Waals surface area contributed by atoms with Gasteiger partial charge >= 0.3 is 0 Å². The molecule has 5 N–H and O–H groups in total. The molecule has 16 heavy (non-hydrogen) atoms. The zero-order valence-corrected chi connectivity index (χ0v) is 8.77. The van der Waals surface area contributed by atoms with Crippen LogP contribution in [0.3, 0.4) is 0 Å². The van der Waals surface area contributed by atoms with Crippen molar-refractivity contribution in [3.05, 3.63) is 0 Å². The van der Waals surface area contributed by atoms with Gasteiger partial charge in [-0.1, -0.05) is 0 Å². The number of rotatable bonds is 5. The van der Waals surface area contributed by atoms with E-state index in [1.165, 1.54) is 0 Å². The third-order valence-electron chi connectivity index (χ3n) is 2.46. The Balaban J connectivity index is 2.50. The van der Waals surface area contributed by atoms with Gasteiger partial charge in [-0.15, -0.1) is 0 Å². The molecule has 1 aliphatic rings. The second-order valence-electron chi connectivity index (χ2n) is 3.64. The molecule has 0 spiro atoms. The Morgan fingerprint density at radius 2 is 1.75 bits per heavy atom. The second-order valence-corrected chi connectivity index (χ2v) is 3.64. The number of hydrogen-bond acceptors (Lipinski definition) is 7. The topological polar surface area (TPSA) is 120 Å². The van der Waals surface area contributed by atoms with Crippen LogP contribution in [0.4, 0.5) is 0 Å². The maximum Gasteiger partial charge on any atom is 0.184 e. The molecule has 1 heterocycles. The van der Waals surface area contributed by atoms with Crippen LogP contribution in [0.25, 0.3) is 0 Å². The van der Waals surface area contributed by atoms with Crippen molar-refractivity contribution in [1.29, 1.82) is 0 Å². The van der Waals surface area contributed by atoms with E-state index in [1.807, 2.05) is 0 Å². The van der Waals surface area contributed by atoms with Gasteiger partial charge in [-0.2, -0.15) is 0 Å². The molecular formula is C9H18O7. The molecule has 1 fully saturated rings. The van der Waals surface area contributed by atoms with Crippen LogP contribution in [0.5, 0.6) is 0 Å². The minimum absolute atomic E-state index is 0.0679. The van der Waals surface area contributed by atoms with E-state index in [4.69, 9.17) is 19.7 Å². The molecule has 0 radical (unpaired) electrons. The van der Waals surface area contributed by atoms with Crippen LogP contribution < -0.4 is 0 Å².